The summed E-state index contributed by atoms with van der Waals surface area (Å²) in [6, 6.07) is 61.1. The number of hydrogen-bond acceptors (Lipinski definition) is 4. The normalized spacial score (nSPS) is 11.5. The smallest absolute Gasteiger partial charge is 0.164 e. The van der Waals surface area contributed by atoms with E-state index in [0.717, 1.165) is 60.5 Å². The predicted molar refractivity (Wildman–Crippen MR) is 209 cm³/mol. The van der Waals surface area contributed by atoms with E-state index >= 15 is 0 Å². The van der Waals surface area contributed by atoms with Crippen LogP contribution in [-0.2, 0) is 0 Å². The predicted octanol–water partition coefficient (Wildman–Crippen LogP) is 12.4. The maximum atomic E-state index is 6.53. The van der Waals surface area contributed by atoms with Gasteiger partial charge in [0.15, 0.2) is 17.5 Å². The van der Waals surface area contributed by atoms with Gasteiger partial charge in [-0.3, -0.25) is 0 Å². The zero-order valence-corrected chi connectivity index (χ0v) is 27.5. The molecular formula is C47H29N3O. The molecule has 10 aromatic rings. The molecule has 0 unspecified atom stereocenters. The lowest BCUT2D eigenvalue weighted by molar-refractivity contribution is 0.669. The Kier molecular flexibility index (Phi) is 6.78. The number of aromatic nitrogens is 3. The van der Waals surface area contributed by atoms with E-state index in [9.17, 15) is 0 Å². The van der Waals surface area contributed by atoms with Gasteiger partial charge in [-0.1, -0.05) is 158 Å². The monoisotopic (exact) mass is 651 g/mol. The minimum Gasteiger partial charge on any atom is -0.456 e. The van der Waals surface area contributed by atoms with E-state index in [-0.39, 0.29) is 0 Å². The third-order valence-corrected chi connectivity index (χ3v) is 9.75. The summed E-state index contributed by atoms with van der Waals surface area (Å²) in [5.41, 5.74) is 9.10. The zero-order chi connectivity index (χ0) is 33.7. The molecule has 0 aliphatic carbocycles. The Labute approximate surface area is 294 Å². The summed E-state index contributed by atoms with van der Waals surface area (Å²) in [6.07, 6.45) is 0. The van der Waals surface area contributed by atoms with E-state index in [4.69, 9.17) is 19.4 Å². The second kappa shape index (κ2) is 11.9. The summed E-state index contributed by atoms with van der Waals surface area (Å²) in [5, 5.41) is 6.88. The molecule has 0 bridgehead atoms. The van der Waals surface area contributed by atoms with E-state index in [1.807, 2.05) is 36.4 Å². The number of nitrogens with zero attached hydrogens (tertiary/aromatic N) is 3. The zero-order valence-electron chi connectivity index (χ0n) is 27.5. The molecule has 0 atom stereocenters. The topological polar surface area (TPSA) is 51.8 Å². The first kappa shape index (κ1) is 29.0. The highest BCUT2D eigenvalue weighted by molar-refractivity contribution is 6.13. The molecule has 4 heteroatoms. The molecule has 51 heavy (non-hydrogen) atoms. The highest BCUT2D eigenvalue weighted by Gasteiger charge is 2.17. The summed E-state index contributed by atoms with van der Waals surface area (Å²) >= 11 is 0. The number of fused-ring (bicyclic) bond motifs is 5. The molecule has 0 aliphatic rings. The molecule has 0 aliphatic heterocycles. The van der Waals surface area contributed by atoms with Gasteiger partial charge < -0.3 is 4.42 Å². The first-order valence-corrected chi connectivity index (χ1v) is 17.1. The van der Waals surface area contributed by atoms with Crippen LogP contribution in [0.15, 0.2) is 180 Å². The van der Waals surface area contributed by atoms with E-state index < -0.39 is 0 Å². The molecule has 0 amide bonds. The molecule has 0 saturated carbocycles. The lowest BCUT2D eigenvalue weighted by atomic mass is 9.94. The molecular weight excluding hydrogens is 623 g/mol. The van der Waals surface area contributed by atoms with Gasteiger partial charge in [-0.25, -0.2) is 15.0 Å². The van der Waals surface area contributed by atoms with Gasteiger partial charge in [0.1, 0.15) is 11.2 Å². The summed E-state index contributed by atoms with van der Waals surface area (Å²) in [4.78, 5) is 15.0. The Morgan fingerprint density at radius 1 is 0.314 bits per heavy atom. The standard InChI is InChI=1S/C47H29N3O/c1-2-13-34(14-3-1)45-48-46(50-47(49-45)40-21-9-16-31-12-5-7-18-38(31)40)35-27-28-41-43(29-35)51-42-22-10-20-39(44(41)42)33-25-23-32(24-26-33)37-19-8-15-30-11-4-6-17-36(30)37/h1-29H. The Bertz CT molecular complexity index is 2900. The van der Waals surface area contributed by atoms with Crippen molar-refractivity contribution in [2.24, 2.45) is 0 Å². The quantitative estimate of drug-likeness (QED) is 0.186. The second-order valence-electron chi connectivity index (χ2n) is 12.8. The fourth-order valence-electron chi connectivity index (χ4n) is 7.27. The summed E-state index contributed by atoms with van der Waals surface area (Å²) in [7, 11) is 0. The highest BCUT2D eigenvalue weighted by atomic mass is 16.3. The second-order valence-corrected chi connectivity index (χ2v) is 12.8. The first-order valence-electron chi connectivity index (χ1n) is 17.1. The molecule has 4 nitrogen and oxygen atoms in total. The van der Waals surface area contributed by atoms with Crippen LogP contribution in [0.2, 0.25) is 0 Å². The van der Waals surface area contributed by atoms with E-state index in [1.165, 1.54) is 21.9 Å². The van der Waals surface area contributed by atoms with Crippen molar-refractivity contribution in [1.82, 2.24) is 15.0 Å². The maximum Gasteiger partial charge on any atom is 0.164 e. The number of rotatable bonds is 5. The van der Waals surface area contributed by atoms with Crippen LogP contribution in [0.5, 0.6) is 0 Å². The van der Waals surface area contributed by atoms with Crippen LogP contribution in [0.3, 0.4) is 0 Å². The molecule has 238 valence electrons. The molecule has 10 rings (SSSR count). The highest BCUT2D eigenvalue weighted by Crippen LogP contribution is 2.39. The average Bonchev–Trinajstić information content (AvgIpc) is 3.59. The van der Waals surface area contributed by atoms with Gasteiger partial charge >= 0.3 is 0 Å². The van der Waals surface area contributed by atoms with Gasteiger partial charge in [-0.05, 0) is 62.0 Å². The Morgan fingerprint density at radius 2 is 0.843 bits per heavy atom. The summed E-state index contributed by atoms with van der Waals surface area (Å²) < 4.78 is 6.53. The van der Waals surface area contributed by atoms with Gasteiger partial charge in [-0.2, -0.15) is 0 Å². The molecule has 0 spiro atoms. The number of furan rings is 1. The van der Waals surface area contributed by atoms with Crippen LogP contribution in [0, 0.1) is 0 Å². The summed E-state index contributed by atoms with van der Waals surface area (Å²) in [6.45, 7) is 0. The van der Waals surface area contributed by atoms with Crippen molar-refractivity contribution >= 4 is 43.5 Å². The van der Waals surface area contributed by atoms with Gasteiger partial charge in [0.25, 0.3) is 0 Å². The van der Waals surface area contributed by atoms with Crippen molar-refractivity contribution in [2.75, 3.05) is 0 Å². The van der Waals surface area contributed by atoms with E-state index in [0.29, 0.717) is 17.5 Å². The largest absolute Gasteiger partial charge is 0.456 e. The van der Waals surface area contributed by atoms with Crippen LogP contribution in [0.4, 0.5) is 0 Å². The first-order chi connectivity index (χ1) is 25.3. The summed E-state index contributed by atoms with van der Waals surface area (Å²) in [5.74, 6) is 1.86. The Hall–Kier alpha value is -6.91. The van der Waals surface area contributed by atoms with Crippen molar-refractivity contribution in [1.29, 1.82) is 0 Å². The lowest BCUT2D eigenvalue weighted by Crippen LogP contribution is -2.00. The Morgan fingerprint density at radius 3 is 1.59 bits per heavy atom. The number of hydrogen-bond donors (Lipinski definition) is 0. The van der Waals surface area contributed by atoms with Crippen LogP contribution >= 0.6 is 0 Å². The van der Waals surface area contributed by atoms with Gasteiger partial charge in [-0.15, -0.1) is 0 Å². The minimum atomic E-state index is 0.596. The van der Waals surface area contributed by atoms with Crippen LogP contribution in [0.1, 0.15) is 0 Å². The van der Waals surface area contributed by atoms with Crippen LogP contribution < -0.4 is 0 Å². The Balaban J connectivity index is 1.08. The SMILES string of the molecule is c1ccc(-c2nc(-c3ccc4c(c3)oc3cccc(-c5ccc(-c6cccc7ccccc67)cc5)c34)nc(-c3cccc4ccccc34)n2)cc1. The van der Waals surface area contributed by atoms with E-state index in [2.05, 4.69) is 140 Å². The lowest BCUT2D eigenvalue weighted by Gasteiger charge is -2.10. The number of benzene rings is 8. The average molecular weight is 652 g/mol. The fourth-order valence-corrected chi connectivity index (χ4v) is 7.27. The third-order valence-electron chi connectivity index (χ3n) is 9.75. The van der Waals surface area contributed by atoms with Gasteiger partial charge in [0, 0.05) is 27.5 Å². The molecule has 2 heterocycles. The molecule has 0 saturated heterocycles. The minimum absolute atomic E-state index is 0.596. The molecule has 8 aromatic carbocycles. The van der Waals surface area contributed by atoms with Crippen molar-refractivity contribution in [2.45, 2.75) is 0 Å². The van der Waals surface area contributed by atoms with Crippen molar-refractivity contribution in [3.05, 3.63) is 176 Å². The van der Waals surface area contributed by atoms with Gasteiger partial charge in [0.05, 0.1) is 0 Å². The van der Waals surface area contributed by atoms with Crippen molar-refractivity contribution < 1.29 is 4.42 Å². The third kappa shape index (κ3) is 5.04. The molecule has 0 fully saturated rings. The molecule has 0 N–H and O–H groups in total. The van der Waals surface area contributed by atoms with Crippen LogP contribution in [0.25, 0.3) is 99.9 Å². The van der Waals surface area contributed by atoms with E-state index in [1.54, 1.807) is 0 Å². The molecule has 2 aromatic heterocycles. The fraction of sp³-hybridized carbons (Fsp3) is 0. The van der Waals surface area contributed by atoms with Gasteiger partial charge in [0.2, 0.25) is 0 Å². The van der Waals surface area contributed by atoms with Crippen molar-refractivity contribution in [3.63, 3.8) is 0 Å². The van der Waals surface area contributed by atoms with Crippen LogP contribution in [-0.4, -0.2) is 15.0 Å². The maximum absolute atomic E-state index is 6.53. The van der Waals surface area contributed by atoms with Crippen molar-refractivity contribution in [3.8, 4) is 56.4 Å². The molecule has 0 radical (unpaired) electrons.